The molecule has 0 fully saturated rings. The fourth-order valence-electron chi connectivity index (χ4n) is 1.72. The van der Waals surface area contributed by atoms with Crippen LogP contribution in [0.4, 0.5) is 0 Å². The maximum Gasteiger partial charge on any atom is 0.0705 e. The van der Waals surface area contributed by atoms with Crippen LogP contribution in [-0.2, 0) is 11.3 Å². The lowest BCUT2D eigenvalue weighted by Crippen LogP contribution is -2.26. The molecule has 0 radical (unpaired) electrons. The summed E-state index contributed by atoms with van der Waals surface area (Å²) in [4.78, 5) is 0. The number of thioether (sulfide) groups is 1. The topological polar surface area (TPSA) is 39.1 Å². The van der Waals surface area contributed by atoms with Gasteiger partial charge in [0.15, 0.2) is 0 Å². The molecule has 0 spiro atoms. The molecule has 0 aliphatic heterocycles. The Balaban J connectivity index is 2.86. The molecule has 1 rings (SSSR count). The van der Waals surface area contributed by atoms with Crippen LogP contribution >= 0.6 is 27.7 Å². The number of nitrogens with one attached hydrogen (secondary N) is 1. The van der Waals surface area contributed by atoms with E-state index in [1.54, 1.807) is 7.11 Å². The van der Waals surface area contributed by atoms with E-state index < -0.39 is 0 Å². The molecule has 98 valence electrons. The lowest BCUT2D eigenvalue weighted by molar-refractivity contribution is 0.182. The molecule has 0 aromatic carbocycles. The van der Waals surface area contributed by atoms with Crippen molar-refractivity contribution >= 4 is 27.7 Å². The van der Waals surface area contributed by atoms with Crippen molar-refractivity contribution in [2.24, 2.45) is 0 Å². The van der Waals surface area contributed by atoms with Crippen molar-refractivity contribution in [3.63, 3.8) is 0 Å². The molecule has 1 N–H and O–H groups in total. The summed E-state index contributed by atoms with van der Waals surface area (Å²) < 4.78 is 8.18. The fraction of sp³-hybridized carbons (Fsp3) is 0.727. The van der Waals surface area contributed by atoms with Crippen molar-refractivity contribution in [1.82, 2.24) is 15.1 Å². The average Bonchev–Trinajstić information content (AvgIpc) is 2.67. The Labute approximate surface area is 116 Å². The summed E-state index contributed by atoms with van der Waals surface area (Å²) in [6.45, 7) is 4.54. The summed E-state index contributed by atoms with van der Waals surface area (Å²) in [5.74, 6) is 1.03. The minimum atomic E-state index is 0.323. The number of methoxy groups -OCH3 is 1. The third-order valence-corrected chi connectivity index (χ3v) is 3.73. The number of aromatic nitrogens is 2. The number of ether oxygens (including phenoxy) is 1. The van der Waals surface area contributed by atoms with Gasteiger partial charge in [-0.2, -0.15) is 16.9 Å². The number of hydrogen-bond donors (Lipinski definition) is 1. The van der Waals surface area contributed by atoms with Crippen LogP contribution in [0.1, 0.15) is 18.7 Å². The number of hydrogen-bond acceptors (Lipinski definition) is 4. The summed E-state index contributed by atoms with van der Waals surface area (Å²) in [5, 5.41) is 7.87. The highest BCUT2D eigenvalue weighted by atomic mass is 79.9. The van der Waals surface area contributed by atoms with Gasteiger partial charge in [-0.15, -0.1) is 0 Å². The van der Waals surface area contributed by atoms with Gasteiger partial charge in [-0.25, -0.2) is 0 Å². The maximum atomic E-state index is 5.11. The van der Waals surface area contributed by atoms with Crippen LogP contribution in [0.15, 0.2) is 10.7 Å². The van der Waals surface area contributed by atoms with Gasteiger partial charge in [-0.1, -0.05) is 6.92 Å². The zero-order chi connectivity index (χ0) is 12.7. The monoisotopic (exact) mass is 321 g/mol. The van der Waals surface area contributed by atoms with Gasteiger partial charge in [0, 0.05) is 12.9 Å². The van der Waals surface area contributed by atoms with Crippen LogP contribution in [0.25, 0.3) is 0 Å². The van der Waals surface area contributed by atoms with E-state index in [1.807, 2.05) is 22.6 Å². The molecule has 0 saturated heterocycles. The van der Waals surface area contributed by atoms with Crippen molar-refractivity contribution in [3.8, 4) is 0 Å². The number of halogens is 1. The molecule has 1 aromatic rings. The Morgan fingerprint density at radius 3 is 3.00 bits per heavy atom. The molecule has 1 aromatic heterocycles. The second-order valence-corrected chi connectivity index (χ2v) is 5.42. The van der Waals surface area contributed by atoms with Gasteiger partial charge in [0.25, 0.3) is 0 Å². The first-order valence-electron chi connectivity index (χ1n) is 5.67. The van der Waals surface area contributed by atoms with Crippen molar-refractivity contribution in [3.05, 3.63) is 16.4 Å². The first kappa shape index (κ1) is 15.0. The molecular formula is C11H20BrN3OS. The van der Waals surface area contributed by atoms with Crippen LogP contribution in [0, 0.1) is 0 Å². The highest BCUT2D eigenvalue weighted by molar-refractivity contribution is 9.10. The molecule has 0 bridgehead atoms. The van der Waals surface area contributed by atoms with Crippen LogP contribution in [-0.4, -0.2) is 42.1 Å². The number of nitrogens with zero attached hydrogens (tertiary/aromatic N) is 2. The largest absolute Gasteiger partial charge is 0.383 e. The van der Waals surface area contributed by atoms with Crippen LogP contribution in [0.3, 0.4) is 0 Å². The van der Waals surface area contributed by atoms with Crippen LogP contribution in [0.2, 0.25) is 0 Å². The third kappa shape index (κ3) is 4.28. The molecule has 0 aliphatic carbocycles. The third-order valence-electron chi connectivity index (χ3n) is 2.45. The van der Waals surface area contributed by atoms with E-state index in [0.717, 1.165) is 23.3 Å². The molecular weight excluding hydrogens is 302 g/mol. The van der Waals surface area contributed by atoms with Gasteiger partial charge in [0.05, 0.1) is 35.6 Å². The Morgan fingerprint density at radius 2 is 2.41 bits per heavy atom. The van der Waals surface area contributed by atoms with E-state index in [1.165, 1.54) is 5.69 Å². The van der Waals surface area contributed by atoms with Gasteiger partial charge >= 0.3 is 0 Å². The van der Waals surface area contributed by atoms with E-state index in [-0.39, 0.29) is 0 Å². The van der Waals surface area contributed by atoms with Crippen LogP contribution in [0.5, 0.6) is 0 Å². The molecule has 1 unspecified atom stereocenters. The van der Waals surface area contributed by atoms with Gasteiger partial charge in [-0.05, 0) is 28.7 Å². The highest BCUT2D eigenvalue weighted by Crippen LogP contribution is 2.25. The minimum absolute atomic E-state index is 0.323. The first-order chi connectivity index (χ1) is 8.24. The van der Waals surface area contributed by atoms with E-state index in [4.69, 9.17) is 4.74 Å². The zero-order valence-electron chi connectivity index (χ0n) is 10.6. The Morgan fingerprint density at radius 1 is 1.65 bits per heavy atom. The van der Waals surface area contributed by atoms with E-state index >= 15 is 0 Å². The smallest absolute Gasteiger partial charge is 0.0705 e. The predicted molar refractivity (Wildman–Crippen MR) is 76.6 cm³/mol. The van der Waals surface area contributed by atoms with E-state index in [0.29, 0.717) is 12.6 Å². The molecule has 1 heterocycles. The van der Waals surface area contributed by atoms with E-state index in [2.05, 4.69) is 39.5 Å². The Bertz CT molecular complexity index is 327. The first-order valence-corrected chi connectivity index (χ1v) is 7.85. The Kier molecular flexibility index (Phi) is 7.18. The lowest BCUT2D eigenvalue weighted by Gasteiger charge is -2.19. The fourth-order valence-corrected chi connectivity index (χ4v) is 2.90. The average molecular weight is 322 g/mol. The van der Waals surface area contributed by atoms with Crippen molar-refractivity contribution in [2.75, 3.05) is 32.3 Å². The SMILES string of the molecule is CCNC(CSC)c1c(Br)cnn1CCOC. The van der Waals surface area contributed by atoms with Gasteiger partial charge < -0.3 is 10.1 Å². The van der Waals surface area contributed by atoms with E-state index in [9.17, 15) is 0 Å². The van der Waals surface area contributed by atoms with Gasteiger partial charge in [0.2, 0.25) is 0 Å². The summed E-state index contributed by atoms with van der Waals surface area (Å²) in [7, 11) is 1.71. The number of rotatable bonds is 8. The van der Waals surface area contributed by atoms with Crippen molar-refractivity contribution in [1.29, 1.82) is 0 Å². The second-order valence-electron chi connectivity index (χ2n) is 3.66. The summed E-state index contributed by atoms with van der Waals surface area (Å²) in [6, 6.07) is 0.323. The van der Waals surface area contributed by atoms with Crippen molar-refractivity contribution < 1.29 is 4.74 Å². The van der Waals surface area contributed by atoms with Crippen LogP contribution < -0.4 is 5.32 Å². The summed E-state index contributed by atoms with van der Waals surface area (Å²) in [5.41, 5.74) is 1.21. The second kappa shape index (κ2) is 8.13. The van der Waals surface area contributed by atoms with Gasteiger partial charge in [0.1, 0.15) is 0 Å². The summed E-state index contributed by atoms with van der Waals surface area (Å²) in [6.07, 6.45) is 3.98. The standard InChI is InChI=1S/C11H20BrN3OS/c1-4-13-10(8-17-3)11-9(12)7-14-15(11)5-6-16-2/h7,10,13H,4-6,8H2,1-3H3. The molecule has 6 heteroatoms. The lowest BCUT2D eigenvalue weighted by atomic mass is 10.2. The maximum absolute atomic E-state index is 5.11. The quantitative estimate of drug-likeness (QED) is 0.797. The Hall–Kier alpha value is -0.0400. The summed E-state index contributed by atoms with van der Waals surface area (Å²) >= 11 is 5.41. The predicted octanol–water partition coefficient (Wildman–Crippen LogP) is 2.31. The molecule has 0 amide bonds. The van der Waals surface area contributed by atoms with Crippen molar-refractivity contribution in [2.45, 2.75) is 19.5 Å². The molecule has 17 heavy (non-hydrogen) atoms. The molecule has 1 atom stereocenters. The zero-order valence-corrected chi connectivity index (χ0v) is 13.0. The molecule has 0 saturated carbocycles. The minimum Gasteiger partial charge on any atom is -0.383 e. The molecule has 0 aliphatic rings. The van der Waals surface area contributed by atoms with Gasteiger partial charge in [-0.3, -0.25) is 4.68 Å². The normalized spacial score (nSPS) is 12.9. The highest BCUT2D eigenvalue weighted by Gasteiger charge is 2.18. The molecule has 4 nitrogen and oxygen atoms in total.